The summed E-state index contributed by atoms with van der Waals surface area (Å²) in [5.74, 6) is 1.21. The molecule has 0 saturated heterocycles. The van der Waals surface area contributed by atoms with Crippen LogP contribution < -0.4 is 20.1 Å². The molecule has 6 heteroatoms. The van der Waals surface area contributed by atoms with Crippen LogP contribution in [-0.4, -0.2) is 24.2 Å². The minimum atomic E-state index is -0.313. The standard InChI is InChI=1S/C21H22N2O3S/c1-3-15-26-19-12-8-17(9-13-19)22-21(27)23-20(24)14-7-16-5-10-18(11-6-16)25-4-2/h3,5-14H,1,4,15H2,2H3,(H2,22,23,24,27)/b14-7+. The van der Waals surface area contributed by atoms with Crippen molar-refractivity contribution in [2.75, 3.05) is 18.5 Å². The number of anilines is 1. The van der Waals surface area contributed by atoms with Gasteiger partial charge in [0.05, 0.1) is 6.61 Å². The summed E-state index contributed by atoms with van der Waals surface area (Å²) in [7, 11) is 0. The minimum absolute atomic E-state index is 0.219. The van der Waals surface area contributed by atoms with Gasteiger partial charge in [0.15, 0.2) is 5.11 Å². The molecule has 140 valence electrons. The van der Waals surface area contributed by atoms with Crippen LogP contribution in [0, 0.1) is 0 Å². The molecule has 0 fully saturated rings. The van der Waals surface area contributed by atoms with E-state index < -0.39 is 0 Å². The van der Waals surface area contributed by atoms with Gasteiger partial charge >= 0.3 is 0 Å². The smallest absolute Gasteiger partial charge is 0.250 e. The molecule has 0 aromatic heterocycles. The number of carbonyl (C=O) groups is 1. The molecule has 0 atom stereocenters. The molecule has 0 aliphatic carbocycles. The van der Waals surface area contributed by atoms with Crippen LogP contribution >= 0.6 is 12.2 Å². The Bertz CT molecular complexity index is 799. The fraction of sp³-hybridized carbons (Fsp3) is 0.143. The number of benzene rings is 2. The highest BCUT2D eigenvalue weighted by molar-refractivity contribution is 7.80. The first-order chi connectivity index (χ1) is 13.1. The van der Waals surface area contributed by atoms with E-state index in [-0.39, 0.29) is 11.0 Å². The third kappa shape index (κ3) is 7.33. The average molecular weight is 382 g/mol. The van der Waals surface area contributed by atoms with Gasteiger partial charge in [0, 0.05) is 11.8 Å². The Morgan fingerprint density at radius 1 is 1.07 bits per heavy atom. The van der Waals surface area contributed by atoms with E-state index in [1.54, 1.807) is 12.2 Å². The molecule has 27 heavy (non-hydrogen) atoms. The van der Waals surface area contributed by atoms with Gasteiger partial charge in [-0.1, -0.05) is 24.8 Å². The van der Waals surface area contributed by atoms with E-state index in [1.165, 1.54) is 6.08 Å². The quantitative estimate of drug-likeness (QED) is 0.408. The largest absolute Gasteiger partial charge is 0.494 e. The molecule has 0 heterocycles. The second-order valence-electron chi connectivity index (χ2n) is 5.40. The lowest BCUT2D eigenvalue weighted by atomic mass is 10.2. The molecule has 0 aliphatic rings. The molecule has 0 bridgehead atoms. The molecular weight excluding hydrogens is 360 g/mol. The van der Waals surface area contributed by atoms with Gasteiger partial charge in [-0.2, -0.15) is 0 Å². The molecular formula is C21H22N2O3S. The summed E-state index contributed by atoms with van der Waals surface area (Å²) < 4.78 is 10.8. The molecule has 0 spiro atoms. The molecule has 0 saturated carbocycles. The summed E-state index contributed by atoms with van der Waals surface area (Å²) in [4.78, 5) is 12.0. The maximum absolute atomic E-state index is 12.0. The Morgan fingerprint density at radius 3 is 2.33 bits per heavy atom. The van der Waals surface area contributed by atoms with Crippen molar-refractivity contribution in [1.29, 1.82) is 0 Å². The van der Waals surface area contributed by atoms with E-state index in [2.05, 4.69) is 17.2 Å². The summed E-state index contributed by atoms with van der Waals surface area (Å²) >= 11 is 5.15. The third-order valence-electron chi connectivity index (χ3n) is 3.34. The van der Waals surface area contributed by atoms with Crippen LogP contribution in [0.3, 0.4) is 0 Å². The lowest BCUT2D eigenvalue weighted by molar-refractivity contribution is -0.115. The Labute approximate surface area is 164 Å². The number of thiocarbonyl (C=S) groups is 1. The topological polar surface area (TPSA) is 59.6 Å². The number of hydrogen-bond acceptors (Lipinski definition) is 4. The van der Waals surface area contributed by atoms with Crippen LogP contribution in [-0.2, 0) is 4.79 Å². The Balaban J connectivity index is 1.82. The van der Waals surface area contributed by atoms with Crippen LogP contribution in [0.2, 0.25) is 0 Å². The van der Waals surface area contributed by atoms with E-state index in [4.69, 9.17) is 21.7 Å². The number of carbonyl (C=O) groups excluding carboxylic acids is 1. The number of nitrogens with one attached hydrogen (secondary N) is 2. The molecule has 2 aromatic rings. The van der Waals surface area contributed by atoms with Crippen molar-refractivity contribution < 1.29 is 14.3 Å². The molecule has 2 N–H and O–H groups in total. The molecule has 5 nitrogen and oxygen atoms in total. The van der Waals surface area contributed by atoms with Gasteiger partial charge in [-0.05, 0) is 67.2 Å². The first-order valence-electron chi connectivity index (χ1n) is 8.47. The lowest BCUT2D eigenvalue weighted by Gasteiger charge is -2.09. The summed E-state index contributed by atoms with van der Waals surface area (Å²) in [5, 5.41) is 5.77. The predicted octanol–water partition coefficient (Wildman–Crippen LogP) is 4.18. The third-order valence-corrected chi connectivity index (χ3v) is 3.54. The molecule has 2 aromatic carbocycles. The van der Waals surface area contributed by atoms with E-state index >= 15 is 0 Å². The van der Waals surface area contributed by atoms with Gasteiger partial charge in [0.1, 0.15) is 18.1 Å². The molecule has 2 rings (SSSR count). The van der Waals surface area contributed by atoms with Gasteiger partial charge < -0.3 is 14.8 Å². The maximum atomic E-state index is 12.0. The van der Waals surface area contributed by atoms with Gasteiger partial charge in [0.2, 0.25) is 5.91 Å². The number of hydrogen-bond donors (Lipinski definition) is 2. The SMILES string of the molecule is C=CCOc1ccc(NC(=S)NC(=O)/C=C/c2ccc(OCC)cc2)cc1. The van der Waals surface area contributed by atoms with Crippen LogP contribution in [0.5, 0.6) is 11.5 Å². The Kier molecular flexibility index (Phi) is 8.06. The van der Waals surface area contributed by atoms with E-state index in [0.29, 0.717) is 13.2 Å². The van der Waals surface area contributed by atoms with Gasteiger partial charge in [-0.15, -0.1) is 0 Å². The summed E-state index contributed by atoms with van der Waals surface area (Å²) in [6.07, 6.45) is 4.81. The highest BCUT2D eigenvalue weighted by atomic mass is 32.1. The van der Waals surface area contributed by atoms with Gasteiger partial charge in [-0.3, -0.25) is 10.1 Å². The second-order valence-corrected chi connectivity index (χ2v) is 5.81. The summed E-state index contributed by atoms with van der Waals surface area (Å²) in [6.45, 7) is 6.59. The van der Waals surface area contributed by atoms with Crippen molar-refractivity contribution in [3.63, 3.8) is 0 Å². The molecule has 1 amide bonds. The van der Waals surface area contributed by atoms with Crippen LogP contribution in [0.15, 0.2) is 67.3 Å². The van der Waals surface area contributed by atoms with Crippen LogP contribution in [0.4, 0.5) is 5.69 Å². The fourth-order valence-corrected chi connectivity index (χ4v) is 2.34. The summed E-state index contributed by atoms with van der Waals surface area (Å²) in [5.41, 5.74) is 1.64. The zero-order valence-corrected chi connectivity index (χ0v) is 15.9. The maximum Gasteiger partial charge on any atom is 0.250 e. The van der Waals surface area contributed by atoms with Gasteiger partial charge in [0.25, 0.3) is 0 Å². The van der Waals surface area contributed by atoms with Crippen molar-refractivity contribution in [3.05, 3.63) is 72.8 Å². The van der Waals surface area contributed by atoms with E-state index in [9.17, 15) is 4.79 Å². The van der Waals surface area contributed by atoms with Crippen molar-refractivity contribution in [1.82, 2.24) is 5.32 Å². The fourth-order valence-electron chi connectivity index (χ4n) is 2.12. The lowest BCUT2D eigenvalue weighted by Crippen LogP contribution is -2.32. The Hall–Kier alpha value is -3.12. The summed E-state index contributed by atoms with van der Waals surface area (Å²) in [6, 6.07) is 14.7. The average Bonchev–Trinajstić information content (AvgIpc) is 2.67. The minimum Gasteiger partial charge on any atom is -0.494 e. The number of amides is 1. The highest BCUT2D eigenvalue weighted by Crippen LogP contribution is 2.16. The first kappa shape index (κ1) is 20.2. The van der Waals surface area contributed by atoms with Crippen LogP contribution in [0.25, 0.3) is 6.08 Å². The number of ether oxygens (including phenoxy) is 2. The molecule has 0 aliphatic heterocycles. The monoisotopic (exact) mass is 382 g/mol. The van der Waals surface area contributed by atoms with Crippen molar-refractivity contribution in [3.8, 4) is 11.5 Å². The second kappa shape index (κ2) is 10.8. The van der Waals surface area contributed by atoms with Crippen molar-refractivity contribution >= 4 is 35.0 Å². The normalized spacial score (nSPS) is 10.3. The number of rotatable bonds is 8. The zero-order valence-electron chi connectivity index (χ0n) is 15.1. The van der Waals surface area contributed by atoms with Crippen molar-refractivity contribution in [2.45, 2.75) is 6.92 Å². The molecule has 0 radical (unpaired) electrons. The van der Waals surface area contributed by atoms with E-state index in [0.717, 1.165) is 22.7 Å². The highest BCUT2D eigenvalue weighted by Gasteiger charge is 2.02. The zero-order chi connectivity index (χ0) is 19.5. The van der Waals surface area contributed by atoms with Crippen LogP contribution in [0.1, 0.15) is 12.5 Å². The van der Waals surface area contributed by atoms with Crippen molar-refractivity contribution in [2.24, 2.45) is 0 Å². The van der Waals surface area contributed by atoms with Gasteiger partial charge in [-0.25, -0.2) is 0 Å². The predicted molar refractivity (Wildman–Crippen MR) is 113 cm³/mol. The Morgan fingerprint density at radius 2 is 1.70 bits per heavy atom. The van der Waals surface area contributed by atoms with E-state index in [1.807, 2.05) is 55.5 Å². The first-order valence-corrected chi connectivity index (χ1v) is 8.88. The molecule has 0 unspecified atom stereocenters.